The Hall–Kier alpha value is -1.10. The van der Waals surface area contributed by atoms with E-state index in [4.69, 9.17) is 14.2 Å². The van der Waals surface area contributed by atoms with Crippen LogP contribution in [0.15, 0.2) is 0 Å². The number of ether oxygens (including phenoxy) is 3. The van der Waals surface area contributed by atoms with Crippen LogP contribution in [0, 0.1) is 34.5 Å². The standard InChI is InChI=1S/C20H28O5/c1-10(21)23-12-4-6-19(2)11(8-12)9-14-15-13(19)5-7-20(3)16(15)17(24-14)25-18(20)22/h11-17H,4-9H2,1-3H3/t11-,12+,13-,14+,15-,16-,17-,19-,20-/m0/s1. The quantitative estimate of drug-likeness (QED) is 0.682. The minimum Gasteiger partial charge on any atom is -0.463 e. The number of fused-ring (bicyclic) bond motifs is 2. The largest absolute Gasteiger partial charge is 0.463 e. The molecule has 0 aromatic carbocycles. The second-order valence-electron chi connectivity index (χ2n) is 9.56. The van der Waals surface area contributed by atoms with Gasteiger partial charge in [0.25, 0.3) is 0 Å². The van der Waals surface area contributed by atoms with E-state index in [1.54, 1.807) is 0 Å². The third kappa shape index (κ3) is 1.99. The summed E-state index contributed by atoms with van der Waals surface area (Å²) < 4.78 is 17.4. The molecule has 3 aliphatic carbocycles. The van der Waals surface area contributed by atoms with Crippen LogP contribution >= 0.6 is 0 Å². The first-order valence-electron chi connectivity index (χ1n) is 9.87. The third-order valence-corrected chi connectivity index (χ3v) is 8.49. The molecule has 0 unspecified atom stereocenters. The maximum Gasteiger partial charge on any atom is 0.314 e. The Morgan fingerprint density at radius 3 is 2.76 bits per heavy atom. The molecule has 5 heteroatoms. The Morgan fingerprint density at radius 2 is 2.00 bits per heavy atom. The van der Waals surface area contributed by atoms with E-state index in [1.165, 1.54) is 6.92 Å². The summed E-state index contributed by atoms with van der Waals surface area (Å²) in [4.78, 5) is 23.8. The van der Waals surface area contributed by atoms with Crippen LogP contribution in [0.25, 0.3) is 0 Å². The van der Waals surface area contributed by atoms with E-state index in [-0.39, 0.29) is 47.2 Å². The van der Waals surface area contributed by atoms with Crippen molar-refractivity contribution in [2.45, 2.75) is 77.8 Å². The molecule has 0 aromatic rings. The van der Waals surface area contributed by atoms with Gasteiger partial charge in [-0.15, -0.1) is 0 Å². The molecule has 0 aromatic heterocycles. The van der Waals surface area contributed by atoms with E-state index < -0.39 is 0 Å². The lowest BCUT2D eigenvalue weighted by Crippen LogP contribution is -2.57. The lowest BCUT2D eigenvalue weighted by atomic mass is 9.45. The Labute approximate surface area is 148 Å². The van der Waals surface area contributed by atoms with E-state index in [1.807, 2.05) is 0 Å². The topological polar surface area (TPSA) is 61.8 Å². The van der Waals surface area contributed by atoms with Crippen molar-refractivity contribution < 1.29 is 23.8 Å². The summed E-state index contributed by atoms with van der Waals surface area (Å²) in [5.74, 6) is 1.57. The summed E-state index contributed by atoms with van der Waals surface area (Å²) in [6.45, 7) is 6.03. The first-order valence-corrected chi connectivity index (χ1v) is 9.87. The Bertz CT molecular complexity index is 632. The van der Waals surface area contributed by atoms with Gasteiger partial charge in [-0.05, 0) is 68.6 Å². The summed E-state index contributed by atoms with van der Waals surface area (Å²) >= 11 is 0. The van der Waals surface area contributed by atoms with Crippen LogP contribution in [0.1, 0.15) is 59.3 Å². The molecule has 0 radical (unpaired) electrons. The van der Waals surface area contributed by atoms with Gasteiger partial charge in [0.2, 0.25) is 6.29 Å². The van der Waals surface area contributed by atoms with Gasteiger partial charge in [0, 0.05) is 12.8 Å². The predicted molar refractivity (Wildman–Crippen MR) is 88.2 cm³/mol. The highest BCUT2D eigenvalue weighted by atomic mass is 16.7. The molecule has 0 N–H and O–H groups in total. The summed E-state index contributed by atoms with van der Waals surface area (Å²) in [5.41, 5.74) is -0.0816. The number of carbonyl (C=O) groups excluding carboxylic acids is 2. The third-order valence-electron chi connectivity index (χ3n) is 8.49. The molecule has 25 heavy (non-hydrogen) atoms. The summed E-state index contributed by atoms with van der Waals surface area (Å²) in [6.07, 6.45) is 5.95. The van der Waals surface area contributed by atoms with Crippen LogP contribution in [-0.2, 0) is 23.8 Å². The highest BCUT2D eigenvalue weighted by Crippen LogP contribution is 2.68. The first kappa shape index (κ1) is 16.1. The zero-order valence-electron chi connectivity index (χ0n) is 15.3. The lowest BCUT2D eigenvalue weighted by Gasteiger charge is -2.59. The van der Waals surface area contributed by atoms with E-state index in [2.05, 4.69) is 13.8 Å². The van der Waals surface area contributed by atoms with Crippen molar-refractivity contribution in [3.63, 3.8) is 0 Å². The van der Waals surface area contributed by atoms with Gasteiger partial charge in [0.1, 0.15) is 6.10 Å². The minimum absolute atomic E-state index is 0.0507. The Kier molecular flexibility index (Phi) is 3.22. The van der Waals surface area contributed by atoms with E-state index in [9.17, 15) is 9.59 Å². The molecule has 2 saturated heterocycles. The minimum atomic E-state index is -0.348. The zero-order chi connectivity index (χ0) is 17.6. The van der Waals surface area contributed by atoms with Crippen LogP contribution in [0.4, 0.5) is 0 Å². The van der Waals surface area contributed by atoms with Crippen LogP contribution in [-0.4, -0.2) is 30.4 Å². The van der Waals surface area contributed by atoms with Gasteiger partial charge in [-0.3, -0.25) is 9.59 Å². The fourth-order valence-electron chi connectivity index (χ4n) is 7.23. The van der Waals surface area contributed by atoms with Gasteiger partial charge in [-0.1, -0.05) is 6.92 Å². The van der Waals surface area contributed by atoms with Crippen molar-refractivity contribution in [3.8, 4) is 0 Å². The second-order valence-corrected chi connectivity index (χ2v) is 9.56. The van der Waals surface area contributed by atoms with Gasteiger partial charge in [-0.2, -0.15) is 0 Å². The van der Waals surface area contributed by atoms with Gasteiger partial charge in [0.05, 0.1) is 11.5 Å². The van der Waals surface area contributed by atoms with Crippen LogP contribution in [0.3, 0.4) is 0 Å². The van der Waals surface area contributed by atoms with Crippen molar-refractivity contribution >= 4 is 11.9 Å². The highest BCUT2D eigenvalue weighted by molar-refractivity contribution is 5.79. The zero-order valence-corrected chi connectivity index (χ0v) is 15.3. The fraction of sp³-hybridized carbons (Fsp3) is 0.900. The molecule has 2 heterocycles. The molecule has 5 rings (SSSR count). The number of carbonyl (C=O) groups is 2. The van der Waals surface area contributed by atoms with Crippen molar-refractivity contribution in [1.29, 1.82) is 0 Å². The Balaban J connectivity index is 1.45. The average molecular weight is 348 g/mol. The number of esters is 2. The van der Waals surface area contributed by atoms with Crippen molar-refractivity contribution in [3.05, 3.63) is 0 Å². The molecule has 0 bridgehead atoms. The normalized spacial score (nSPS) is 56.0. The van der Waals surface area contributed by atoms with E-state index >= 15 is 0 Å². The molecule has 5 fully saturated rings. The highest BCUT2D eigenvalue weighted by Gasteiger charge is 2.71. The monoisotopic (exact) mass is 348 g/mol. The van der Waals surface area contributed by atoms with E-state index in [0.717, 1.165) is 38.5 Å². The van der Waals surface area contributed by atoms with Crippen molar-refractivity contribution in [2.24, 2.45) is 34.5 Å². The Morgan fingerprint density at radius 1 is 1.20 bits per heavy atom. The van der Waals surface area contributed by atoms with Gasteiger partial charge in [-0.25, -0.2) is 0 Å². The van der Waals surface area contributed by atoms with Crippen LogP contribution < -0.4 is 0 Å². The van der Waals surface area contributed by atoms with E-state index in [0.29, 0.717) is 17.8 Å². The number of hydrogen-bond acceptors (Lipinski definition) is 5. The van der Waals surface area contributed by atoms with Gasteiger partial charge in [0.15, 0.2) is 0 Å². The predicted octanol–water partition coefficient (Wildman–Crippen LogP) is 3.06. The molecule has 5 aliphatic rings. The molecule has 2 aliphatic heterocycles. The molecule has 0 spiro atoms. The van der Waals surface area contributed by atoms with Crippen LogP contribution in [0.5, 0.6) is 0 Å². The SMILES string of the molecule is CC(=O)O[C@@H]1CC[C@@]2(C)[C@@H](C1)C[C@H]1O[C@H]3OC(=O)[C@@]4(C)CC[C@H]2[C@@H]1[C@@H]34. The molecule has 0 amide bonds. The fourth-order valence-corrected chi connectivity index (χ4v) is 7.23. The maximum absolute atomic E-state index is 12.4. The van der Waals surface area contributed by atoms with Gasteiger partial charge < -0.3 is 14.2 Å². The molecule has 3 saturated carbocycles. The number of hydrogen-bond donors (Lipinski definition) is 0. The average Bonchev–Trinajstić information content (AvgIpc) is 3.01. The van der Waals surface area contributed by atoms with Crippen LogP contribution in [0.2, 0.25) is 0 Å². The molecule has 138 valence electrons. The smallest absolute Gasteiger partial charge is 0.314 e. The summed E-state index contributed by atoms with van der Waals surface area (Å²) in [7, 11) is 0. The van der Waals surface area contributed by atoms with Gasteiger partial charge >= 0.3 is 11.9 Å². The maximum atomic E-state index is 12.4. The molecular weight excluding hydrogens is 320 g/mol. The summed E-state index contributed by atoms with van der Waals surface area (Å²) in [5, 5.41) is 0. The molecule has 5 nitrogen and oxygen atoms in total. The lowest BCUT2D eigenvalue weighted by molar-refractivity contribution is -0.184. The number of rotatable bonds is 1. The first-order chi connectivity index (χ1) is 11.8. The summed E-state index contributed by atoms with van der Waals surface area (Å²) in [6, 6.07) is 0. The van der Waals surface area contributed by atoms with Crippen molar-refractivity contribution in [1.82, 2.24) is 0 Å². The second kappa shape index (κ2) is 4.99. The molecule has 9 atom stereocenters. The van der Waals surface area contributed by atoms with Crippen molar-refractivity contribution in [2.75, 3.05) is 0 Å². The molecular formula is C20H28O5.